The summed E-state index contributed by atoms with van der Waals surface area (Å²) >= 11 is 1.53. The van der Waals surface area contributed by atoms with Gasteiger partial charge >= 0.3 is 0 Å². The largest absolute Gasteiger partial charge is 0.339 e. The molecule has 1 fully saturated rings. The fraction of sp³-hybridized carbons (Fsp3) is 0.417. The third-order valence-electron chi connectivity index (χ3n) is 6.21. The highest BCUT2D eigenvalue weighted by molar-refractivity contribution is 7.20. The average molecular weight is 465 g/mol. The highest BCUT2D eigenvalue weighted by atomic mass is 32.1. The minimum atomic E-state index is 0.129. The van der Waals surface area contributed by atoms with E-state index >= 15 is 0 Å². The number of nitrogens with zero attached hydrogens (tertiary/aromatic N) is 6. The first-order valence-electron chi connectivity index (χ1n) is 11.3. The van der Waals surface area contributed by atoms with Gasteiger partial charge in [-0.2, -0.15) is 10.1 Å². The molecule has 8 nitrogen and oxygen atoms in total. The van der Waals surface area contributed by atoms with Gasteiger partial charge in [0, 0.05) is 50.6 Å². The molecule has 1 aliphatic heterocycles. The monoisotopic (exact) mass is 464 g/mol. The number of benzene rings is 1. The molecule has 0 aliphatic carbocycles. The topological polar surface area (TPSA) is 80.3 Å². The first-order valence-corrected chi connectivity index (χ1v) is 12.1. The molecule has 5 rings (SSSR count). The minimum absolute atomic E-state index is 0.129. The molecule has 3 aromatic heterocycles. The zero-order chi connectivity index (χ0) is 22.9. The summed E-state index contributed by atoms with van der Waals surface area (Å²) in [4.78, 5) is 23.8. The fourth-order valence-corrected chi connectivity index (χ4v) is 5.36. The van der Waals surface area contributed by atoms with Crippen LogP contribution < -0.4 is 0 Å². The van der Waals surface area contributed by atoms with Gasteiger partial charge in [-0.1, -0.05) is 35.0 Å². The van der Waals surface area contributed by atoms with Gasteiger partial charge in [0.1, 0.15) is 4.83 Å². The second-order valence-corrected chi connectivity index (χ2v) is 9.68. The van der Waals surface area contributed by atoms with Crippen LogP contribution in [-0.2, 0) is 13.5 Å². The van der Waals surface area contributed by atoms with Gasteiger partial charge in [-0.25, -0.2) is 0 Å². The van der Waals surface area contributed by atoms with E-state index in [-0.39, 0.29) is 5.91 Å². The quantitative estimate of drug-likeness (QED) is 0.433. The summed E-state index contributed by atoms with van der Waals surface area (Å²) < 4.78 is 7.29. The molecule has 33 heavy (non-hydrogen) atoms. The van der Waals surface area contributed by atoms with E-state index in [1.54, 1.807) is 0 Å². The van der Waals surface area contributed by atoms with Gasteiger partial charge < -0.3 is 9.42 Å². The molecule has 0 radical (unpaired) electrons. The Morgan fingerprint density at radius 1 is 1.12 bits per heavy atom. The number of thiophene rings is 1. The van der Waals surface area contributed by atoms with Gasteiger partial charge in [0.2, 0.25) is 11.7 Å². The zero-order valence-electron chi connectivity index (χ0n) is 19.2. The Bertz CT molecular complexity index is 1230. The highest BCUT2D eigenvalue weighted by Gasteiger charge is 2.24. The van der Waals surface area contributed by atoms with Crippen molar-refractivity contribution in [2.24, 2.45) is 7.05 Å². The van der Waals surface area contributed by atoms with Crippen molar-refractivity contribution in [2.75, 3.05) is 32.7 Å². The van der Waals surface area contributed by atoms with Crippen LogP contribution in [0.2, 0.25) is 0 Å². The lowest BCUT2D eigenvalue weighted by Crippen LogP contribution is -2.48. The molecule has 1 amide bonds. The van der Waals surface area contributed by atoms with Crippen LogP contribution in [0.25, 0.3) is 21.6 Å². The normalized spacial score (nSPS) is 14.9. The maximum absolute atomic E-state index is 13.0. The summed E-state index contributed by atoms with van der Waals surface area (Å²) in [5.74, 6) is 1.45. The Morgan fingerprint density at radius 2 is 1.88 bits per heavy atom. The molecule has 1 saturated heterocycles. The summed E-state index contributed by atoms with van der Waals surface area (Å²) in [6.07, 6.45) is 1.71. The number of aromatic nitrogens is 4. The van der Waals surface area contributed by atoms with Crippen molar-refractivity contribution in [1.29, 1.82) is 0 Å². The van der Waals surface area contributed by atoms with E-state index in [1.165, 1.54) is 16.9 Å². The maximum Gasteiger partial charge on any atom is 0.264 e. The summed E-state index contributed by atoms with van der Waals surface area (Å²) in [7, 11) is 1.93. The van der Waals surface area contributed by atoms with E-state index < -0.39 is 0 Å². The Hall–Kier alpha value is -3.04. The number of aryl methyl sites for hydroxylation is 4. The van der Waals surface area contributed by atoms with Crippen molar-refractivity contribution in [3.8, 4) is 11.4 Å². The summed E-state index contributed by atoms with van der Waals surface area (Å²) in [6.45, 7) is 8.28. The first-order chi connectivity index (χ1) is 16.0. The molecule has 9 heteroatoms. The number of amides is 1. The lowest BCUT2D eigenvalue weighted by molar-refractivity contribution is 0.0640. The van der Waals surface area contributed by atoms with Crippen LogP contribution in [0.3, 0.4) is 0 Å². The Balaban J connectivity index is 1.09. The number of piperazine rings is 1. The molecule has 0 N–H and O–H groups in total. The average Bonchev–Trinajstić information content (AvgIpc) is 3.53. The molecule has 0 unspecified atom stereocenters. The SMILES string of the molecule is Cc1ccc(-c2noc(CCCN3CCN(C(=O)c4cc5c(C)nn(C)c5s4)CC3)n2)cc1. The van der Waals surface area contributed by atoms with Gasteiger partial charge in [-0.05, 0) is 32.9 Å². The lowest BCUT2D eigenvalue weighted by Gasteiger charge is -2.34. The van der Waals surface area contributed by atoms with Crippen molar-refractivity contribution in [2.45, 2.75) is 26.7 Å². The molecule has 4 aromatic rings. The maximum atomic E-state index is 13.0. The zero-order valence-corrected chi connectivity index (χ0v) is 20.1. The number of hydrogen-bond donors (Lipinski definition) is 0. The summed E-state index contributed by atoms with van der Waals surface area (Å²) in [6, 6.07) is 10.1. The number of carbonyl (C=O) groups is 1. The van der Waals surface area contributed by atoms with E-state index in [0.717, 1.165) is 71.9 Å². The molecule has 4 heterocycles. The predicted molar refractivity (Wildman–Crippen MR) is 128 cm³/mol. The van der Waals surface area contributed by atoms with Gasteiger partial charge in [0.05, 0.1) is 10.6 Å². The van der Waals surface area contributed by atoms with Crippen molar-refractivity contribution in [1.82, 2.24) is 29.7 Å². The van der Waals surface area contributed by atoms with Crippen LogP contribution >= 0.6 is 11.3 Å². The molecular formula is C24H28N6O2S. The molecule has 0 bridgehead atoms. The van der Waals surface area contributed by atoms with Crippen LogP contribution in [0, 0.1) is 13.8 Å². The van der Waals surface area contributed by atoms with Gasteiger partial charge in [0.25, 0.3) is 5.91 Å². The molecule has 172 valence electrons. The summed E-state index contributed by atoms with van der Waals surface area (Å²) in [5.41, 5.74) is 3.15. The standard InChI is InChI=1S/C24H28N6O2S/c1-16-6-8-18(9-7-16)22-25-21(32-27-22)5-4-10-29-11-13-30(14-12-29)23(31)20-15-19-17(2)26-28(3)24(19)33-20/h6-9,15H,4-5,10-14H2,1-3H3. The smallest absolute Gasteiger partial charge is 0.264 e. The van der Waals surface area contributed by atoms with Crippen molar-refractivity contribution < 1.29 is 9.32 Å². The van der Waals surface area contributed by atoms with Crippen LogP contribution in [0.5, 0.6) is 0 Å². The first kappa shape index (κ1) is 21.8. The van der Waals surface area contributed by atoms with Crippen LogP contribution in [0.4, 0.5) is 0 Å². The minimum Gasteiger partial charge on any atom is -0.339 e. The number of hydrogen-bond acceptors (Lipinski definition) is 7. The Labute approximate surface area is 196 Å². The number of carbonyl (C=O) groups excluding carboxylic acids is 1. The molecule has 0 atom stereocenters. The van der Waals surface area contributed by atoms with Crippen LogP contribution in [0.1, 0.15) is 33.2 Å². The van der Waals surface area contributed by atoms with E-state index in [2.05, 4.69) is 39.2 Å². The van der Waals surface area contributed by atoms with Gasteiger partial charge in [-0.3, -0.25) is 14.4 Å². The Morgan fingerprint density at radius 3 is 2.61 bits per heavy atom. The Kier molecular flexibility index (Phi) is 5.99. The fourth-order valence-electron chi connectivity index (χ4n) is 4.27. The second-order valence-electron chi connectivity index (χ2n) is 8.65. The molecule has 1 aromatic carbocycles. The lowest BCUT2D eigenvalue weighted by atomic mass is 10.1. The van der Waals surface area contributed by atoms with Gasteiger partial charge in [0.15, 0.2) is 0 Å². The van der Waals surface area contributed by atoms with Crippen LogP contribution in [0.15, 0.2) is 34.9 Å². The predicted octanol–water partition coefficient (Wildman–Crippen LogP) is 3.69. The van der Waals surface area contributed by atoms with E-state index in [1.807, 2.05) is 41.8 Å². The van der Waals surface area contributed by atoms with Crippen LogP contribution in [-0.4, -0.2) is 68.4 Å². The van der Waals surface area contributed by atoms with E-state index in [4.69, 9.17) is 4.52 Å². The van der Waals surface area contributed by atoms with Crippen molar-refractivity contribution >= 4 is 27.5 Å². The van der Waals surface area contributed by atoms with Crippen molar-refractivity contribution in [3.05, 3.63) is 52.4 Å². The molecular weight excluding hydrogens is 436 g/mol. The van der Waals surface area contributed by atoms with Gasteiger partial charge in [-0.15, -0.1) is 11.3 Å². The highest BCUT2D eigenvalue weighted by Crippen LogP contribution is 2.28. The molecule has 0 saturated carbocycles. The number of fused-ring (bicyclic) bond motifs is 1. The van der Waals surface area contributed by atoms with E-state index in [0.29, 0.717) is 11.7 Å². The summed E-state index contributed by atoms with van der Waals surface area (Å²) in [5, 5.41) is 9.62. The number of rotatable bonds is 6. The molecule has 0 spiro atoms. The third-order valence-corrected chi connectivity index (χ3v) is 7.40. The third kappa shape index (κ3) is 4.56. The second kappa shape index (κ2) is 9.07. The van der Waals surface area contributed by atoms with Crippen molar-refractivity contribution in [3.63, 3.8) is 0 Å². The van der Waals surface area contributed by atoms with E-state index in [9.17, 15) is 4.79 Å². The molecule has 1 aliphatic rings.